The van der Waals surface area contributed by atoms with Gasteiger partial charge in [0.15, 0.2) is 0 Å². The van der Waals surface area contributed by atoms with Crippen LogP contribution in [0.3, 0.4) is 0 Å². The molecule has 1 N–H and O–H groups in total. The topological polar surface area (TPSA) is 54.5 Å². The third-order valence-electron chi connectivity index (χ3n) is 5.20. The predicted octanol–water partition coefficient (Wildman–Crippen LogP) is 3.99. The molecule has 6 heteroatoms. The standard InChI is InChI=1S/C22H22FN3O2/c1-28-17-9-7-16(8-10-17)25-22(27)20-5-3-13-26(20)14-15-6-11-19(23)18-4-2-12-24-21(15)18/h2,4,6-12,20H,3,5,13-14H2,1H3,(H,25,27)/t20-/m1/s1. The SMILES string of the molecule is COc1ccc(NC(=O)[C@H]2CCCN2Cc2ccc(F)c3cccnc23)cc1. The number of nitrogens with zero attached hydrogens (tertiary/aromatic N) is 2. The van der Waals surface area contributed by atoms with Crippen LogP contribution < -0.4 is 10.1 Å². The molecule has 1 aliphatic heterocycles. The van der Waals surface area contributed by atoms with Gasteiger partial charge in [-0.25, -0.2) is 4.39 Å². The number of hydrogen-bond donors (Lipinski definition) is 1. The molecular weight excluding hydrogens is 357 g/mol. The smallest absolute Gasteiger partial charge is 0.241 e. The first-order valence-corrected chi connectivity index (χ1v) is 9.37. The molecule has 5 nitrogen and oxygen atoms in total. The van der Waals surface area contributed by atoms with E-state index in [-0.39, 0.29) is 17.8 Å². The summed E-state index contributed by atoms with van der Waals surface area (Å²) in [5.74, 6) is 0.445. The molecule has 2 heterocycles. The van der Waals surface area contributed by atoms with Crippen LogP contribution >= 0.6 is 0 Å². The van der Waals surface area contributed by atoms with Crippen molar-refractivity contribution in [2.24, 2.45) is 0 Å². The minimum absolute atomic E-state index is 0.0259. The van der Waals surface area contributed by atoms with Gasteiger partial charge in [-0.05, 0) is 67.4 Å². The summed E-state index contributed by atoms with van der Waals surface area (Å²) >= 11 is 0. The van der Waals surface area contributed by atoms with E-state index in [2.05, 4.69) is 15.2 Å². The van der Waals surface area contributed by atoms with Gasteiger partial charge in [-0.1, -0.05) is 6.07 Å². The molecule has 0 aliphatic carbocycles. The maximum Gasteiger partial charge on any atom is 0.241 e. The first-order chi connectivity index (χ1) is 13.7. The van der Waals surface area contributed by atoms with Crippen LogP contribution in [0.25, 0.3) is 10.9 Å². The molecule has 4 rings (SSSR count). The predicted molar refractivity (Wildman–Crippen MR) is 107 cm³/mol. The van der Waals surface area contributed by atoms with Gasteiger partial charge in [-0.3, -0.25) is 14.7 Å². The van der Waals surface area contributed by atoms with Crippen molar-refractivity contribution in [3.05, 3.63) is 66.1 Å². The van der Waals surface area contributed by atoms with E-state index in [1.807, 2.05) is 24.3 Å². The van der Waals surface area contributed by atoms with Gasteiger partial charge < -0.3 is 10.1 Å². The van der Waals surface area contributed by atoms with E-state index < -0.39 is 0 Å². The Kier molecular flexibility index (Phi) is 5.21. The average Bonchev–Trinajstić information content (AvgIpc) is 3.19. The van der Waals surface area contributed by atoms with Crippen molar-refractivity contribution in [3.8, 4) is 5.75 Å². The number of likely N-dealkylation sites (tertiary alicyclic amines) is 1. The molecule has 0 radical (unpaired) electrons. The number of nitrogens with one attached hydrogen (secondary N) is 1. The zero-order valence-electron chi connectivity index (χ0n) is 15.7. The molecule has 1 atom stereocenters. The Morgan fingerprint density at radius 3 is 2.86 bits per heavy atom. The second-order valence-electron chi connectivity index (χ2n) is 6.95. The van der Waals surface area contributed by atoms with E-state index in [1.54, 1.807) is 31.5 Å². The van der Waals surface area contributed by atoms with Crippen molar-refractivity contribution in [1.82, 2.24) is 9.88 Å². The first-order valence-electron chi connectivity index (χ1n) is 9.37. The highest BCUT2D eigenvalue weighted by atomic mass is 19.1. The van der Waals surface area contributed by atoms with Gasteiger partial charge in [-0.2, -0.15) is 0 Å². The number of ether oxygens (including phenoxy) is 1. The van der Waals surface area contributed by atoms with Gasteiger partial charge in [0.05, 0.1) is 18.7 Å². The van der Waals surface area contributed by atoms with Crippen molar-refractivity contribution in [2.45, 2.75) is 25.4 Å². The van der Waals surface area contributed by atoms with E-state index in [1.165, 1.54) is 6.07 Å². The van der Waals surface area contributed by atoms with Crippen molar-refractivity contribution in [1.29, 1.82) is 0 Å². The first kappa shape index (κ1) is 18.4. The van der Waals surface area contributed by atoms with Gasteiger partial charge in [0.1, 0.15) is 11.6 Å². The van der Waals surface area contributed by atoms with Crippen LogP contribution in [0.5, 0.6) is 5.75 Å². The number of methoxy groups -OCH3 is 1. The highest BCUT2D eigenvalue weighted by Crippen LogP contribution is 2.26. The summed E-state index contributed by atoms with van der Waals surface area (Å²) in [6, 6.07) is 13.8. The number of anilines is 1. The van der Waals surface area contributed by atoms with Gasteiger partial charge in [0.2, 0.25) is 5.91 Å². The van der Waals surface area contributed by atoms with E-state index in [4.69, 9.17) is 4.74 Å². The van der Waals surface area contributed by atoms with Crippen LogP contribution in [0.1, 0.15) is 18.4 Å². The van der Waals surface area contributed by atoms with Crippen molar-refractivity contribution in [3.63, 3.8) is 0 Å². The lowest BCUT2D eigenvalue weighted by molar-refractivity contribution is -0.120. The van der Waals surface area contributed by atoms with Crippen LogP contribution in [0.15, 0.2) is 54.7 Å². The minimum atomic E-state index is -0.276. The second kappa shape index (κ2) is 7.94. The number of benzene rings is 2. The molecule has 1 aromatic heterocycles. The van der Waals surface area contributed by atoms with Crippen molar-refractivity contribution >= 4 is 22.5 Å². The summed E-state index contributed by atoms with van der Waals surface area (Å²) in [6.07, 6.45) is 3.42. The highest BCUT2D eigenvalue weighted by molar-refractivity contribution is 5.95. The molecule has 3 aromatic rings. The van der Waals surface area contributed by atoms with Crippen LogP contribution in [-0.4, -0.2) is 35.5 Å². The number of carbonyl (C=O) groups excluding carboxylic acids is 1. The van der Waals surface area contributed by atoms with Gasteiger partial charge >= 0.3 is 0 Å². The summed E-state index contributed by atoms with van der Waals surface area (Å²) in [7, 11) is 1.61. The molecule has 0 bridgehead atoms. The third-order valence-corrected chi connectivity index (χ3v) is 5.20. The molecule has 2 aromatic carbocycles. The molecule has 1 fully saturated rings. The number of carbonyl (C=O) groups is 1. The lowest BCUT2D eigenvalue weighted by Gasteiger charge is -2.24. The molecule has 1 amide bonds. The van der Waals surface area contributed by atoms with Gasteiger partial charge in [0.25, 0.3) is 0 Å². The fourth-order valence-corrected chi connectivity index (χ4v) is 3.75. The van der Waals surface area contributed by atoms with E-state index >= 15 is 0 Å². The van der Waals surface area contributed by atoms with Crippen LogP contribution in [-0.2, 0) is 11.3 Å². The Bertz CT molecular complexity index is 991. The zero-order valence-corrected chi connectivity index (χ0v) is 15.7. The Morgan fingerprint density at radius 1 is 1.25 bits per heavy atom. The molecule has 144 valence electrons. The molecule has 0 saturated carbocycles. The van der Waals surface area contributed by atoms with E-state index in [0.717, 1.165) is 36.4 Å². The Balaban J connectivity index is 1.50. The zero-order chi connectivity index (χ0) is 19.5. The summed E-state index contributed by atoms with van der Waals surface area (Å²) in [6.45, 7) is 1.39. The molecule has 0 spiro atoms. The number of halogens is 1. The molecule has 1 aliphatic rings. The highest BCUT2D eigenvalue weighted by Gasteiger charge is 2.31. The summed E-state index contributed by atoms with van der Waals surface area (Å²) in [4.78, 5) is 19.3. The van der Waals surface area contributed by atoms with Gasteiger partial charge in [0, 0.05) is 23.8 Å². The fourth-order valence-electron chi connectivity index (χ4n) is 3.75. The van der Waals surface area contributed by atoms with E-state index in [0.29, 0.717) is 17.4 Å². The van der Waals surface area contributed by atoms with Crippen LogP contribution in [0.4, 0.5) is 10.1 Å². The maximum absolute atomic E-state index is 14.1. The molecule has 0 unspecified atom stereocenters. The summed E-state index contributed by atoms with van der Waals surface area (Å²) < 4.78 is 19.2. The average molecular weight is 379 g/mol. The summed E-state index contributed by atoms with van der Waals surface area (Å²) in [5, 5.41) is 3.50. The van der Waals surface area contributed by atoms with Crippen LogP contribution in [0, 0.1) is 5.82 Å². The number of aromatic nitrogens is 1. The summed E-state index contributed by atoms with van der Waals surface area (Å²) in [5.41, 5.74) is 2.33. The number of hydrogen-bond acceptors (Lipinski definition) is 4. The quantitative estimate of drug-likeness (QED) is 0.728. The van der Waals surface area contributed by atoms with Crippen molar-refractivity contribution < 1.29 is 13.9 Å². The number of amides is 1. The third kappa shape index (κ3) is 3.68. The monoisotopic (exact) mass is 379 g/mol. The van der Waals surface area contributed by atoms with Gasteiger partial charge in [-0.15, -0.1) is 0 Å². The molecule has 1 saturated heterocycles. The minimum Gasteiger partial charge on any atom is -0.497 e. The van der Waals surface area contributed by atoms with Crippen molar-refractivity contribution in [2.75, 3.05) is 19.0 Å². The number of rotatable bonds is 5. The fraction of sp³-hybridized carbons (Fsp3) is 0.273. The lowest BCUT2D eigenvalue weighted by Crippen LogP contribution is -2.39. The molecular formula is C22H22FN3O2. The van der Waals surface area contributed by atoms with E-state index in [9.17, 15) is 9.18 Å². The van der Waals surface area contributed by atoms with Crippen LogP contribution in [0.2, 0.25) is 0 Å². The lowest BCUT2D eigenvalue weighted by atomic mass is 10.1. The normalized spacial score (nSPS) is 17.0. The Hall–Kier alpha value is -2.99. The second-order valence-corrected chi connectivity index (χ2v) is 6.95. The molecule has 28 heavy (non-hydrogen) atoms. The number of pyridine rings is 1. The Labute approximate surface area is 163 Å². The largest absolute Gasteiger partial charge is 0.497 e. The maximum atomic E-state index is 14.1. The number of fused-ring (bicyclic) bond motifs is 1. The Morgan fingerprint density at radius 2 is 2.07 bits per heavy atom.